The lowest BCUT2D eigenvalue weighted by Gasteiger charge is -2.41. The van der Waals surface area contributed by atoms with Gasteiger partial charge in [-0.1, -0.05) is 44.2 Å². The number of halogens is 4. The van der Waals surface area contributed by atoms with E-state index in [-0.39, 0.29) is 43.0 Å². The summed E-state index contributed by atoms with van der Waals surface area (Å²) < 4.78 is 13.7. The largest absolute Gasteiger partial charge is 0.301 e. The molecular weight excluding hydrogens is 568 g/mol. The fourth-order valence-electron chi connectivity index (χ4n) is 7.01. The predicted molar refractivity (Wildman–Crippen MR) is 173 cm³/mol. The Morgan fingerprint density at radius 3 is 1.93 bits per heavy atom. The van der Waals surface area contributed by atoms with E-state index in [2.05, 4.69) is 28.5 Å². The zero-order chi connectivity index (χ0) is 26.0. The van der Waals surface area contributed by atoms with Crippen molar-refractivity contribution < 1.29 is 9.18 Å². The van der Waals surface area contributed by atoms with E-state index in [4.69, 9.17) is 0 Å². The van der Waals surface area contributed by atoms with Gasteiger partial charge in [-0.15, -0.1) is 37.2 Å². The topological polar surface area (TPSA) is 26.8 Å². The minimum atomic E-state index is -0.140. The van der Waals surface area contributed by atoms with Gasteiger partial charge in [0.2, 0.25) is 0 Å². The number of Topliss-reactive ketones (excluding diaryl/α,β-unsaturated/α-hetero) is 1. The molecule has 0 aromatic heterocycles. The van der Waals surface area contributed by atoms with E-state index in [0.29, 0.717) is 29.6 Å². The minimum Gasteiger partial charge on any atom is -0.301 e. The quantitative estimate of drug-likeness (QED) is 0.268. The Morgan fingerprint density at radius 2 is 1.35 bits per heavy atom. The molecule has 3 aliphatic rings. The Morgan fingerprint density at radius 1 is 0.800 bits per heavy atom. The van der Waals surface area contributed by atoms with Crippen LogP contribution in [0.15, 0.2) is 24.3 Å². The van der Waals surface area contributed by atoms with Gasteiger partial charge in [-0.05, 0) is 95.1 Å². The first-order valence-electron chi connectivity index (χ1n) is 15.5. The second-order valence-electron chi connectivity index (χ2n) is 12.4. The summed E-state index contributed by atoms with van der Waals surface area (Å²) in [7, 11) is 0. The Balaban J connectivity index is 0.00000267. The summed E-state index contributed by atoms with van der Waals surface area (Å²) in [6.45, 7) is 13.5. The van der Waals surface area contributed by atoms with Gasteiger partial charge in [0.25, 0.3) is 0 Å². The Kier molecular flexibility index (Phi) is 18.5. The van der Waals surface area contributed by atoms with Gasteiger partial charge < -0.3 is 14.7 Å². The van der Waals surface area contributed by atoms with Crippen LogP contribution < -0.4 is 0 Å². The molecule has 232 valence electrons. The average Bonchev–Trinajstić information content (AvgIpc) is 2.88. The van der Waals surface area contributed by atoms with Gasteiger partial charge >= 0.3 is 0 Å². The van der Waals surface area contributed by atoms with Gasteiger partial charge in [0.05, 0.1) is 0 Å². The van der Waals surface area contributed by atoms with E-state index in [1.165, 1.54) is 63.6 Å². The first-order chi connectivity index (χ1) is 18.0. The minimum absolute atomic E-state index is 0. The van der Waals surface area contributed by atoms with Crippen LogP contribution in [0.5, 0.6) is 0 Å². The second kappa shape index (κ2) is 19.7. The molecule has 1 aliphatic carbocycles. The van der Waals surface area contributed by atoms with Crippen LogP contribution in [-0.2, 0) is 4.79 Å². The summed E-state index contributed by atoms with van der Waals surface area (Å²) in [5.74, 6) is 1.87. The molecule has 0 N–H and O–H groups in total. The van der Waals surface area contributed by atoms with Crippen LogP contribution in [0.3, 0.4) is 0 Å². The molecule has 0 bridgehead atoms. The highest BCUT2D eigenvalue weighted by atomic mass is 35.5. The molecule has 2 saturated heterocycles. The Hall–Kier alpha value is -0.430. The van der Waals surface area contributed by atoms with Gasteiger partial charge in [0.1, 0.15) is 11.6 Å². The van der Waals surface area contributed by atoms with E-state index >= 15 is 0 Å². The van der Waals surface area contributed by atoms with E-state index in [9.17, 15) is 9.18 Å². The lowest BCUT2D eigenvalue weighted by molar-refractivity contribution is -0.123. The van der Waals surface area contributed by atoms with Crippen molar-refractivity contribution in [1.29, 1.82) is 0 Å². The molecule has 1 saturated carbocycles. The number of benzene rings is 1. The molecule has 2 aliphatic heterocycles. The number of likely N-dealkylation sites (tertiary alicyclic amines) is 1. The van der Waals surface area contributed by atoms with Crippen LogP contribution in [-0.4, -0.2) is 78.9 Å². The van der Waals surface area contributed by atoms with Crippen LogP contribution in [0, 0.1) is 17.7 Å². The molecule has 1 aromatic rings. The molecular formula is C32H55Cl3FN3O. The summed E-state index contributed by atoms with van der Waals surface area (Å²) >= 11 is 0. The summed E-state index contributed by atoms with van der Waals surface area (Å²) in [6, 6.07) is 7.95. The van der Waals surface area contributed by atoms with Crippen molar-refractivity contribution in [2.75, 3.05) is 52.4 Å². The van der Waals surface area contributed by atoms with Crippen molar-refractivity contribution in [2.24, 2.45) is 11.8 Å². The van der Waals surface area contributed by atoms with E-state index < -0.39 is 0 Å². The van der Waals surface area contributed by atoms with E-state index in [1.807, 2.05) is 12.1 Å². The molecule has 0 amide bonds. The third-order valence-electron chi connectivity index (χ3n) is 9.55. The summed E-state index contributed by atoms with van der Waals surface area (Å²) in [6.07, 6.45) is 13.0. The summed E-state index contributed by atoms with van der Waals surface area (Å²) in [5, 5.41) is 0. The number of hydrogen-bond acceptors (Lipinski definition) is 4. The SMILES string of the molecule is CC(C)N1CCC(C(CN2CCN(CCCC(=O)C3CCCCCCC3)CC2)c2ccc(F)cc2)CC1.Cl.Cl.Cl. The summed E-state index contributed by atoms with van der Waals surface area (Å²) in [5.41, 5.74) is 1.31. The fourth-order valence-corrected chi connectivity index (χ4v) is 7.01. The summed E-state index contributed by atoms with van der Waals surface area (Å²) in [4.78, 5) is 20.6. The lowest BCUT2D eigenvalue weighted by atomic mass is 9.79. The molecule has 8 heteroatoms. The zero-order valence-corrected chi connectivity index (χ0v) is 27.4. The number of piperazine rings is 1. The highest BCUT2D eigenvalue weighted by Crippen LogP contribution is 2.34. The number of nitrogens with zero attached hydrogens (tertiary/aromatic N) is 3. The lowest BCUT2D eigenvalue weighted by Crippen LogP contribution is -2.49. The van der Waals surface area contributed by atoms with Crippen molar-refractivity contribution in [1.82, 2.24) is 14.7 Å². The molecule has 0 radical (unpaired) electrons. The molecule has 1 atom stereocenters. The third kappa shape index (κ3) is 11.7. The first-order valence-corrected chi connectivity index (χ1v) is 15.5. The smallest absolute Gasteiger partial charge is 0.136 e. The van der Waals surface area contributed by atoms with E-state index in [1.54, 1.807) is 12.1 Å². The molecule has 1 aromatic carbocycles. The number of rotatable bonds is 10. The van der Waals surface area contributed by atoms with Crippen LogP contribution >= 0.6 is 37.2 Å². The number of piperidine rings is 1. The van der Waals surface area contributed by atoms with Crippen molar-refractivity contribution in [3.63, 3.8) is 0 Å². The average molecular weight is 623 g/mol. The number of hydrogen-bond donors (Lipinski definition) is 0. The standard InChI is InChI=1S/C32H52FN3O.3ClH/c1-26(2)36-19-16-28(17-20-36)31(27-12-14-30(33)15-13-27)25-35-23-21-34(22-24-35)18-8-11-32(37)29-9-6-4-3-5-7-10-29;;;/h12-15,26,28-29,31H,3-11,16-25H2,1-2H3;3*1H. The number of ketones is 1. The van der Waals surface area contributed by atoms with Crippen molar-refractivity contribution in [2.45, 2.75) is 96.4 Å². The monoisotopic (exact) mass is 621 g/mol. The van der Waals surface area contributed by atoms with Gasteiger partial charge in [-0.25, -0.2) is 4.39 Å². The predicted octanol–water partition coefficient (Wildman–Crippen LogP) is 7.62. The highest BCUT2D eigenvalue weighted by Gasteiger charge is 2.31. The fraction of sp³-hybridized carbons (Fsp3) is 0.781. The molecule has 2 heterocycles. The number of carbonyl (C=O) groups excluding carboxylic acids is 1. The Bertz CT molecular complexity index is 804. The van der Waals surface area contributed by atoms with Gasteiger partial charge in [0, 0.05) is 51.1 Å². The third-order valence-corrected chi connectivity index (χ3v) is 9.55. The van der Waals surface area contributed by atoms with Crippen LogP contribution in [0.4, 0.5) is 4.39 Å². The maximum atomic E-state index is 13.7. The normalized spacial score (nSPS) is 21.4. The van der Waals surface area contributed by atoms with Gasteiger partial charge in [-0.2, -0.15) is 0 Å². The number of carbonyl (C=O) groups is 1. The molecule has 3 fully saturated rings. The molecule has 40 heavy (non-hydrogen) atoms. The first kappa shape index (κ1) is 37.6. The maximum absolute atomic E-state index is 13.7. The van der Waals surface area contributed by atoms with Crippen LogP contribution in [0.1, 0.15) is 96.0 Å². The zero-order valence-electron chi connectivity index (χ0n) is 24.9. The van der Waals surface area contributed by atoms with Crippen molar-refractivity contribution in [3.8, 4) is 0 Å². The second-order valence-corrected chi connectivity index (χ2v) is 12.4. The van der Waals surface area contributed by atoms with Gasteiger partial charge in [-0.3, -0.25) is 4.79 Å². The van der Waals surface area contributed by atoms with Crippen LogP contribution in [0.25, 0.3) is 0 Å². The highest BCUT2D eigenvalue weighted by molar-refractivity contribution is 5.86. The van der Waals surface area contributed by atoms with Crippen LogP contribution in [0.2, 0.25) is 0 Å². The van der Waals surface area contributed by atoms with E-state index in [0.717, 1.165) is 65.0 Å². The Labute approximate surface area is 262 Å². The molecule has 1 unspecified atom stereocenters. The molecule has 4 nitrogen and oxygen atoms in total. The van der Waals surface area contributed by atoms with Gasteiger partial charge in [0.15, 0.2) is 0 Å². The van der Waals surface area contributed by atoms with Crippen molar-refractivity contribution in [3.05, 3.63) is 35.6 Å². The molecule has 4 rings (SSSR count). The molecule has 0 spiro atoms. The maximum Gasteiger partial charge on any atom is 0.136 e. The van der Waals surface area contributed by atoms with Crippen molar-refractivity contribution >= 4 is 43.0 Å².